The van der Waals surface area contributed by atoms with Crippen LogP contribution < -0.4 is 15.2 Å². The Hall–Kier alpha value is -3.22. The zero-order valence-electron chi connectivity index (χ0n) is 16.8. The molecule has 2 aromatic heterocycles. The van der Waals surface area contributed by atoms with E-state index in [0.717, 1.165) is 59.8 Å². The highest BCUT2D eigenvalue weighted by molar-refractivity contribution is 6.02. The van der Waals surface area contributed by atoms with Gasteiger partial charge in [-0.2, -0.15) is 0 Å². The molecule has 0 radical (unpaired) electrons. The summed E-state index contributed by atoms with van der Waals surface area (Å²) < 4.78 is 13.6. The number of imidazole rings is 1. The Morgan fingerprint density at radius 3 is 2.72 bits per heavy atom. The second-order valence-corrected chi connectivity index (χ2v) is 7.23. The van der Waals surface area contributed by atoms with E-state index in [4.69, 9.17) is 15.2 Å². The first-order chi connectivity index (χ1) is 14.1. The quantitative estimate of drug-likeness (QED) is 0.643. The van der Waals surface area contributed by atoms with Crippen LogP contribution in [0.5, 0.6) is 11.5 Å². The summed E-state index contributed by atoms with van der Waals surface area (Å²) in [5.74, 6) is 1.02. The van der Waals surface area contributed by atoms with Crippen molar-refractivity contribution in [3.63, 3.8) is 0 Å². The van der Waals surface area contributed by atoms with Crippen LogP contribution in [0.1, 0.15) is 40.8 Å². The lowest BCUT2D eigenvalue weighted by atomic mass is 9.97. The van der Waals surface area contributed by atoms with Gasteiger partial charge in [0, 0.05) is 41.8 Å². The molecular formula is C22H26N4O3. The average Bonchev–Trinajstić information content (AvgIpc) is 3.33. The van der Waals surface area contributed by atoms with E-state index in [1.54, 1.807) is 6.33 Å². The summed E-state index contributed by atoms with van der Waals surface area (Å²) in [6.07, 6.45) is 6.12. The van der Waals surface area contributed by atoms with Crippen molar-refractivity contribution in [2.24, 2.45) is 5.73 Å². The van der Waals surface area contributed by atoms with Crippen LogP contribution in [0.15, 0.2) is 30.7 Å². The number of aromatic amines is 1. The molecule has 0 aliphatic carbocycles. The number of fused-ring (bicyclic) bond motifs is 1. The Bertz CT molecular complexity index is 1020. The summed E-state index contributed by atoms with van der Waals surface area (Å²) in [7, 11) is 0. The fourth-order valence-electron chi connectivity index (χ4n) is 4.06. The van der Waals surface area contributed by atoms with Crippen LogP contribution in [0.4, 0.5) is 0 Å². The van der Waals surface area contributed by atoms with Crippen molar-refractivity contribution in [1.29, 1.82) is 0 Å². The first kappa shape index (κ1) is 19.1. The van der Waals surface area contributed by atoms with E-state index in [1.165, 1.54) is 0 Å². The van der Waals surface area contributed by atoms with Crippen LogP contribution >= 0.6 is 0 Å². The molecular weight excluding hydrogens is 368 g/mol. The molecule has 0 saturated carbocycles. The Kier molecular flexibility index (Phi) is 5.29. The Morgan fingerprint density at radius 2 is 2.03 bits per heavy atom. The van der Waals surface area contributed by atoms with Crippen LogP contribution in [-0.2, 0) is 19.4 Å². The third-order valence-corrected chi connectivity index (χ3v) is 5.35. The fourth-order valence-corrected chi connectivity index (χ4v) is 4.06. The minimum absolute atomic E-state index is 0.412. The lowest BCUT2D eigenvalue weighted by Gasteiger charge is -2.19. The molecule has 0 bridgehead atoms. The van der Waals surface area contributed by atoms with E-state index in [9.17, 15) is 4.79 Å². The van der Waals surface area contributed by atoms with Crippen molar-refractivity contribution in [1.82, 2.24) is 14.5 Å². The maximum atomic E-state index is 12.4. The molecule has 1 aromatic carbocycles. The van der Waals surface area contributed by atoms with Gasteiger partial charge in [-0.05, 0) is 31.0 Å². The standard InChI is InChI=1S/C22H26N4O3/c1-3-4-17-21(15-5-6-18-19(11-15)29-10-9-28-18)20(22(23)27)14(2)26(17)8-7-16-12-24-13-25-16/h5-6,11-13H,3-4,7-10H2,1-2H3,(H2,23,27)(H,24,25). The van der Waals surface area contributed by atoms with E-state index in [-0.39, 0.29) is 0 Å². The topological polar surface area (TPSA) is 95.2 Å². The van der Waals surface area contributed by atoms with E-state index >= 15 is 0 Å². The van der Waals surface area contributed by atoms with Crippen LogP contribution in [0.3, 0.4) is 0 Å². The number of rotatable bonds is 7. The van der Waals surface area contributed by atoms with Gasteiger partial charge in [0.2, 0.25) is 0 Å². The number of nitrogens with one attached hydrogen (secondary N) is 1. The van der Waals surface area contributed by atoms with Crippen molar-refractivity contribution in [2.45, 2.75) is 39.7 Å². The summed E-state index contributed by atoms with van der Waals surface area (Å²) in [5, 5.41) is 0. The zero-order chi connectivity index (χ0) is 20.4. The van der Waals surface area contributed by atoms with Gasteiger partial charge in [-0.3, -0.25) is 4.79 Å². The van der Waals surface area contributed by atoms with Crippen LogP contribution in [0, 0.1) is 6.92 Å². The lowest BCUT2D eigenvalue weighted by Crippen LogP contribution is -2.15. The number of primary amides is 1. The molecule has 0 saturated heterocycles. The average molecular weight is 394 g/mol. The number of carbonyl (C=O) groups is 1. The molecule has 3 aromatic rings. The SMILES string of the molecule is CCCc1c(-c2ccc3c(c2)OCCO3)c(C(N)=O)c(C)n1CCc1cnc[nH]1. The van der Waals surface area contributed by atoms with Gasteiger partial charge < -0.3 is 24.8 Å². The van der Waals surface area contributed by atoms with Crippen molar-refractivity contribution < 1.29 is 14.3 Å². The third kappa shape index (κ3) is 3.60. The largest absolute Gasteiger partial charge is 0.486 e. The van der Waals surface area contributed by atoms with E-state index in [2.05, 4.69) is 21.5 Å². The normalized spacial score (nSPS) is 12.9. The molecule has 1 aliphatic heterocycles. The van der Waals surface area contributed by atoms with E-state index in [1.807, 2.05) is 31.3 Å². The van der Waals surface area contributed by atoms with Crippen molar-refractivity contribution in [3.8, 4) is 22.6 Å². The minimum Gasteiger partial charge on any atom is -0.486 e. The molecule has 3 N–H and O–H groups in total. The Labute approximate surface area is 169 Å². The molecule has 1 amide bonds. The van der Waals surface area contributed by atoms with Gasteiger partial charge in [0.1, 0.15) is 13.2 Å². The lowest BCUT2D eigenvalue weighted by molar-refractivity contribution is 0.1000. The number of aryl methyl sites for hydroxylation is 1. The van der Waals surface area contributed by atoms with Gasteiger partial charge in [0.15, 0.2) is 11.5 Å². The molecule has 3 heterocycles. The summed E-state index contributed by atoms with van der Waals surface area (Å²) in [6.45, 7) is 5.91. The first-order valence-electron chi connectivity index (χ1n) is 9.99. The van der Waals surface area contributed by atoms with Crippen molar-refractivity contribution in [3.05, 3.63) is 53.4 Å². The smallest absolute Gasteiger partial charge is 0.251 e. The zero-order valence-corrected chi connectivity index (χ0v) is 16.8. The highest BCUT2D eigenvalue weighted by Gasteiger charge is 2.25. The summed E-state index contributed by atoms with van der Waals surface area (Å²) in [4.78, 5) is 19.7. The van der Waals surface area contributed by atoms with Crippen LogP contribution in [0.25, 0.3) is 11.1 Å². The summed E-state index contributed by atoms with van der Waals surface area (Å²) >= 11 is 0. The number of hydrogen-bond donors (Lipinski definition) is 2. The van der Waals surface area contributed by atoms with Gasteiger partial charge in [-0.1, -0.05) is 19.4 Å². The van der Waals surface area contributed by atoms with Gasteiger partial charge in [0.05, 0.1) is 11.9 Å². The molecule has 0 fully saturated rings. The number of H-pyrrole nitrogens is 1. The molecule has 1 aliphatic rings. The van der Waals surface area contributed by atoms with Gasteiger partial charge in [-0.25, -0.2) is 4.98 Å². The molecule has 7 heteroatoms. The minimum atomic E-state index is -0.412. The van der Waals surface area contributed by atoms with E-state index < -0.39 is 5.91 Å². The molecule has 0 spiro atoms. The summed E-state index contributed by atoms with van der Waals surface area (Å²) in [6, 6.07) is 5.84. The molecule has 0 unspecified atom stereocenters. The molecule has 4 rings (SSSR count). The second kappa shape index (κ2) is 8.03. The summed E-state index contributed by atoms with van der Waals surface area (Å²) in [5.41, 5.74) is 11.3. The number of benzene rings is 1. The van der Waals surface area contributed by atoms with E-state index in [0.29, 0.717) is 24.5 Å². The fraction of sp³-hybridized carbons (Fsp3) is 0.364. The number of amides is 1. The number of aromatic nitrogens is 3. The van der Waals surface area contributed by atoms with Gasteiger partial charge >= 0.3 is 0 Å². The molecule has 7 nitrogen and oxygen atoms in total. The van der Waals surface area contributed by atoms with Crippen LogP contribution in [-0.4, -0.2) is 33.7 Å². The molecule has 29 heavy (non-hydrogen) atoms. The number of nitrogens with zero attached hydrogens (tertiary/aromatic N) is 2. The number of carbonyl (C=O) groups excluding carboxylic acids is 1. The van der Waals surface area contributed by atoms with Crippen molar-refractivity contribution >= 4 is 5.91 Å². The van der Waals surface area contributed by atoms with Gasteiger partial charge in [0.25, 0.3) is 5.91 Å². The second-order valence-electron chi connectivity index (χ2n) is 7.23. The number of hydrogen-bond acceptors (Lipinski definition) is 4. The highest BCUT2D eigenvalue weighted by atomic mass is 16.6. The molecule has 0 atom stereocenters. The number of ether oxygens (including phenoxy) is 2. The first-order valence-corrected chi connectivity index (χ1v) is 9.99. The predicted molar refractivity (Wildman–Crippen MR) is 110 cm³/mol. The molecule has 152 valence electrons. The van der Waals surface area contributed by atoms with Crippen LogP contribution in [0.2, 0.25) is 0 Å². The Morgan fingerprint density at radius 1 is 1.24 bits per heavy atom. The van der Waals surface area contributed by atoms with Crippen molar-refractivity contribution in [2.75, 3.05) is 13.2 Å². The monoisotopic (exact) mass is 394 g/mol. The number of nitrogens with two attached hydrogens (primary N) is 1. The predicted octanol–water partition coefficient (Wildman–Crippen LogP) is 3.25. The maximum absolute atomic E-state index is 12.4. The third-order valence-electron chi connectivity index (χ3n) is 5.35. The highest BCUT2D eigenvalue weighted by Crippen LogP contribution is 2.39. The van der Waals surface area contributed by atoms with Gasteiger partial charge in [-0.15, -0.1) is 0 Å². The maximum Gasteiger partial charge on any atom is 0.251 e. The Balaban J connectivity index is 1.83.